The molecule has 5 rings (SSSR count). The highest BCUT2D eigenvalue weighted by Gasteiger charge is 2.36. The van der Waals surface area contributed by atoms with Crippen molar-refractivity contribution in [2.75, 3.05) is 4.90 Å². The number of urea groups is 1. The van der Waals surface area contributed by atoms with E-state index >= 15 is 0 Å². The molecular formula is C26H20Cl2N4O2. The van der Waals surface area contributed by atoms with Gasteiger partial charge in [-0.25, -0.2) is 4.79 Å². The predicted octanol–water partition coefficient (Wildman–Crippen LogP) is 7.05. The minimum atomic E-state index is -0.463. The van der Waals surface area contributed by atoms with Gasteiger partial charge in [-0.1, -0.05) is 58.2 Å². The van der Waals surface area contributed by atoms with Crippen LogP contribution in [0.4, 0.5) is 10.5 Å². The highest BCUT2D eigenvalue weighted by atomic mass is 35.5. The summed E-state index contributed by atoms with van der Waals surface area (Å²) in [5.41, 5.74) is 4.89. The van der Waals surface area contributed by atoms with Crippen LogP contribution in [-0.4, -0.2) is 16.2 Å². The van der Waals surface area contributed by atoms with E-state index in [1.54, 1.807) is 41.3 Å². The summed E-state index contributed by atoms with van der Waals surface area (Å²) in [6, 6.07) is 21.6. The van der Waals surface area contributed by atoms with Gasteiger partial charge >= 0.3 is 6.03 Å². The monoisotopic (exact) mass is 490 g/mol. The van der Waals surface area contributed by atoms with Crippen molar-refractivity contribution in [1.29, 1.82) is 0 Å². The zero-order valence-electron chi connectivity index (χ0n) is 18.4. The van der Waals surface area contributed by atoms with Gasteiger partial charge in [-0.15, -0.1) is 0 Å². The van der Waals surface area contributed by atoms with Crippen LogP contribution >= 0.6 is 23.2 Å². The summed E-state index contributed by atoms with van der Waals surface area (Å²) < 4.78 is 5.72. The summed E-state index contributed by atoms with van der Waals surface area (Å²) in [5, 5.41) is 8.50. The van der Waals surface area contributed by atoms with Crippen LogP contribution in [0.3, 0.4) is 0 Å². The molecule has 0 saturated heterocycles. The van der Waals surface area contributed by atoms with Crippen LogP contribution in [0.25, 0.3) is 17.0 Å². The number of benzene rings is 3. The fourth-order valence-corrected chi connectivity index (χ4v) is 4.23. The van der Waals surface area contributed by atoms with Crippen molar-refractivity contribution in [3.05, 3.63) is 106 Å². The van der Waals surface area contributed by atoms with Crippen molar-refractivity contribution >= 4 is 40.5 Å². The molecule has 4 aromatic rings. The standard InChI is InChI=1S/C26H20Cl2N4O2/c1-15-3-5-17(6-4-15)23-22(25-30-24(31-34-25)18-7-9-19(27)10-8-18)16(2)32(26(33)29-23)21-13-11-20(28)12-14-21/h3-14,23H,1-2H3,(H,29,33). The molecule has 0 spiro atoms. The summed E-state index contributed by atoms with van der Waals surface area (Å²) in [6.45, 7) is 3.89. The van der Waals surface area contributed by atoms with Gasteiger partial charge in [0.2, 0.25) is 5.82 Å². The van der Waals surface area contributed by atoms with E-state index in [-0.39, 0.29) is 6.03 Å². The first-order valence-corrected chi connectivity index (χ1v) is 11.4. The molecule has 0 fully saturated rings. The number of anilines is 1. The molecule has 3 aromatic carbocycles. The SMILES string of the molecule is CC1=C(c2nc(-c3ccc(Cl)cc3)no2)C(c2ccc(C)cc2)NC(=O)N1c1ccc(Cl)cc1. The molecule has 0 radical (unpaired) electrons. The first kappa shape index (κ1) is 22.2. The number of carbonyl (C=O) groups is 1. The molecule has 0 saturated carbocycles. The third-order valence-corrected chi connectivity index (χ3v) is 6.24. The van der Waals surface area contributed by atoms with E-state index in [0.29, 0.717) is 38.7 Å². The van der Waals surface area contributed by atoms with Crippen LogP contribution in [0, 0.1) is 6.92 Å². The zero-order valence-corrected chi connectivity index (χ0v) is 19.9. The Morgan fingerprint density at radius 1 is 0.882 bits per heavy atom. The molecule has 1 N–H and O–H groups in total. The number of aromatic nitrogens is 2. The average molecular weight is 491 g/mol. The number of halogens is 2. The number of hydrogen-bond donors (Lipinski definition) is 1. The minimum absolute atomic E-state index is 0.258. The van der Waals surface area contributed by atoms with Gasteiger partial charge in [0.1, 0.15) is 0 Å². The number of aryl methyl sites for hydroxylation is 1. The van der Waals surface area contributed by atoms with E-state index in [0.717, 1.165) is 16.7 Å². The molecule has 0 aliphatic carbocycles. The van der Waals surface area contributed by atoms with Gasteiger partial charge in [0.05, 0.1) is 17.3 Å². The first-order valence-electron chi connectivity index (χ1n) is 10.6. The Morgan fingerprint density at radius 3 is 2.15 bits per heavy atom. The van der Waals surface area contributed by atoms with Crippen LogP contribution in [-0.2, 0) is 0 Å². The summed E-state index contributed by atoms with van der Waals surface area (Å²) in [7, 11) is 0. The molecule has 1 aliphatic rings. The lowest BCUT2D eigenvalue weighted by Gasteiger charge is -2.35. The summed E-state index contributed by atoms with van der Waals surface area (Å²) in [4.78, 5) is 19.5. The van der Waals surface area contributed by atoms with Crippen LogP contribution < -0.4 is 10.2 Å². The second kappa shape index (κ2) is 8.97. The predicted molar refractivity (Wildman–Crippen MR) is 134 cm³/mol. The maximum atomic E-state index is 13.2. The molecule has 2 amide bonds. The van der Waals surface area contributed by atoms with Crippen molar-refractivity contribution < 1.29 is 9.32 Å². The van der Waals surface area contributed by atoms with E-state index in [2.05, 4.69) is 15.5 Å². The van der Waals surface area contributed by atoms with E-state index < -0.39 is 6.04 Å². The van der Waals surface area contributed by atoms with Crippen LogP contribution in [0.5, 0.6) is 0 Å². The van der Waals surface area contributed by atoms with Gasteiger partial charge in [-0.3, -0.25) is 4.90 Å². The van der Waals surface area contributed by atoms with E-state index in [1.165, 1.54) is 0 Å². The number of hydrogen-bond acceptors (Lipinski definition) is 4. The van der Waals surface area contributed by atoms with Crippen molar-refractivity contribution in [2.45, 2.75) is 19.9 Å². The summed E-state index contributed by atoms with van der Waals surface area (Å²) >= 11 is 12.1. The lowest BCUT2D eigenvalue weighted by Crippen LogP contribution is -2.46. The molecule has 34 heavy (non-hydrogen) atoms. The largest absolute Gasteiger partial charge is 0.334 e. The van der Waals surface area contributed by atoms with Crippen molar-refractivity contribution in [3.8, 4) is 11.4 Å². The Labute approximate surface area is 206 Å². The molecule has 8 heteroatoms. The maximum absolute atomic E-state index is 13.2. The topological polar surface area (TPSA) is 71.3 Å². The smallest absolute Gasteiger partial charge is 0.326 e. The first-order chi connectivity index (χ1) is 16.4. The van der Waals surface area contributed by atoms with Gasteiger partial charge in [0, 0.05) is 21.3 Å². The Kier molecular flexibility index (Phi) is 5.86. The summed E-state index contributed by atoms with van der Waals surface area (Å²) in [5.74, 6) is 0.761. The Morgan fingerprint density at radius 2 is 1.50 bits per heavy atom. The van der Waals surface area contributed by atoms with Gasteiger partial charge < -0.3 is 9.84 Å². The normalized spacial score (nSPS) is 16.1. The van der Waals surface area contributed by atoms with Crippen molar-refractivity contribution in [2.24, 2.45) is 0 Å². The summed E-state index contributed by atoms with van der Waals surface area (Å²) in [6.07, 6.45) is 0. The Bertz CT molecular complexity index is 1380. The van der Waals surface area contributed by atoms with E-state index in [4.69, 9.17) is 27.7 Å². The van der Waals surface area contributed by atoms with Crippen LogP contribution in [0.2, 0.25) is 10.0 Å². The molecule has 6 nitrogen and oxygen atoms in total. The van der Waals surface area contributed by atoms with E-state index in [1.807, 2.05) is 50.2 Å². The van der Waals surface area contributed by atoms with Crippen molar-refractivity contribution in [1.82, 2.24) is 15.5 Å². The van der Waals surface area contributed by atoms with Gasteiger partial charge in [-0.05, 0) is 67.9 Å². The fraction of sp³-hybridized carbons (Fsp3) is 0.115. The number of allylic oxidation sites excluding steroid dienone is 1. The number of amides is 2. The molecule has 1 aliphatic heterocycles. The minimum Gasteiger partial charge on any atom is -0.334 e. The van der Waals surface area contributed by atoms with Gasteiger partial charge in [0.25, 0.3) is 5.89 Å². The second-order valence-corrected chi connectivity index (χ2v) is 8.91. The van der Waals surface area contributed by atoms with Gasteiger partial charge in [0.15, 0.2) is 0 Å². The molecule has 1 atom stereocenters. The Hall–Kier alpha value is -3.61. The Balaban J connectivity index is 1.64. The quantitative estimate of drug-likeness (QED) is 0.332. The second-order valence-electron chi connectivity index (χ2n) is 8.03. The molecule has 0 bridgehead atoms. The van der Waals surface area contributed by atoms with Gasteiger partial charge in [-0.2, -0.15) is 4.98 Å². The molecule has 170 valence electrons. The molecular weight excluding hydrogens is 471 g/mol. The maximum Gasteiger partial charge on any atom is 0.326 e. The lowest BCUT2D eigenvalue weighted by atomic mass is 9.94. The average Bonchev–Trinajstić information content (AvgIpc) is 3.30. The fourth-order valence-electron chi connectivity index (χ4n) is 3.98. The number of rotatable bonds is 4. The molecule has 1 aromatic heterocycles. The number of nitrogens with one attached hydrogen (secondary N) is 1. The van der Waals surface area contributed by atoms with E-state index in [9.17, 15) is 4.79 Å². The molecule has 1 unspecified atom stereocenters. The lowest BCUT2D eigenvalue weighted by molar-refractivity contribution is 0.244. The van der Waals surface area contributed by atoms with Crippen LogP contribution in [0.15, 0.2) is 83.0 Å². The molecule has 2 heterocycles. The van der Waals surface area contributed by atoms with Crippen molar-refractivity contribution in [3.63, 3.8) is 0 Å². The third kappa shape index (κ3) is 4.18. The number of carbonyl (C=O) groups excluding carboxylic acids is 1. The van der Waals surface area contributed by atoms with Crippen LogP contribution in [0.1, 0.15) is 30.0 Å². The highest BCUT2D eigenvalue weighted by Crippen LogP contribution is 2.39. The zero-order chi connectivity index (χ0) is 23.8. The third-order valence-electron chi connectivity index (χ3n) is 5.74. The number of nitrogens with zero attached hydrogens (tertiary/aromatic N) is 3. The highest BCUT2D eigenvalue weighted by molar-refractivity contribution is 6.31.